The SMILES string of the molecule is CC(O)C(NC(=O)C(CCC(=O)O)NC(=O)C(N)CCC(N)=O)C(=O)NC(CCCCN)C(=O)O. The van der Waals surface area contributed by atoms with Crippen molar-refractivity contribution in [3.05, 3.63) is 0 Å². The highest BCUT2D eigenvalue weighted by molar-refractivity contribution is 5.94. The minimum absolute atomic E-state index is 0.0687. The Morgan fingerprint density at radius 2 is 1.40 bits per heavy atom. The Balaban J connectivity index is 5.42. The highest BCUT2D eigenvalue weighted by Crippen LogP contribution is 2.06. The van der Waals surface area contributed by atoms with Gasteiger partial charge in [-0.15, -0.1) is 0 Å². The molecule has 4 amide bonds. The van der Waals surface area contributed by atoms with E-state index >= 15 is 0 Å². The van der Waals surface area contributed by atoms with Gasteiger partial charge in [0.25, 0.3) is 0 Å². The number of hydrogen-bond acceptors (Lipinski definition) is 9. The Morgan fingerprint density at radius 3 is 1.89 bits per heavy atom. The molecule has 15 heteroatoms. The van der Waals surface area contributed by atoms with E-state index in [9.17, 15) is 39.0 Å². The molecule has 0 bridgehead atoms. The molecule has 0 saturated carbocycles. The highest BCUT2D eigenvalue weighted by Gasteiger charge is 2.32. The molecule has 15 nitrogen and oxygen atoms in total. The second-order valence-electron chi connectivity index (χ2n) is 8.02. The number of unbranched alkanes of at least 4 members (excludes halogenated alkanes) is 1. The first kappa shape index (κ1) is 31.7. The number of amides is 4. The van der Waals surface area contributed by atoms with Crippen LogP contribution < -0.4 is 33.2 Å². The Labute approximate surface area is 202 Å². The number of carbonyl (C=O) groups is 6. The Bertz CT molecular complexity index is 761. The fraction of sp³-hybridized carbons (Fsp3) is 0.700. The van der Waals surface area contributed by atoms with Crippen LogP contribution in [-0.2, 0) is 28.8 Å². The monoisotopic (exact) mass is 504 g/mol. The maximum atomic E-state index is 12.8. The molecule has 12 N–H and O–H groups in total. The first-order chi connectivity index (χ1) is 16.3. The van der Waals surface area contributed by atoms with E-state index in [1.165, 1.54) is 6.92 Å². The fourth-order valence-electron chi connectivity index (χ4n) is 2.91. The van der Waals surface area contributed by atoms with Gasteiger partial charge in [0.05, 0.1) is 12.1 Å². The number of aliphatic hydroxyl groups excluding tert-OH is 1. The van der Waals surface area contributed by atoms with Crippen LogP contribution in [0, 0.1) is 0 Å². The summed E-state index contributed by atoms with van der Waals surface area (Å²) in [4.78, 5) is 71.0. The number of aliphatic carboxylic acids is 2. The summed E-state index contributed by atoms with van der Waals surface area (Å²) in [6, 6.07) is -5.57. The molecule has 0 aliphatic carbocycles. The second-order valence-corrected chi connectivity index (χ2v) is 8.02. The number of carboxylic acid groups (broad SMARTS) is 2. The van der Waals surface area contributed by atoms with Gasteiger partial charge in [0, 0.05) is 12.8 Å². The summed E-state index contributed by atoms with van der Waals surface area (Å²) in [5.74, 6) is -6.13. The zero-order valence-electron chi connectivity index (χ0n) is 19.6. The molecule has 35 heavy (non-hydrogen) atoms. The molecule has 0 aromatic heterocycles. The lowest BCUT2D eigenvalue weighted by Gasteiger charge is -2.26. The number of primary amides is 1. The highest BCUT2D eigenvalue weighted by atomic mass is 16.4. The summed E-state index contributed by atoms with van der Waals surface area (Å²) in [6.45, 7) is 1.52. The lowest BCUT2D eigenvalue weighted by Crippen LogP contribution is -2.59. The third-order valence-corrected chi connectivity index (χ3v) is 4.94. The van der Waals surface area contributed by atoms with Gasteiger partial charge in [0.2, 0.25) is 23.6 Å². The minimum atomic E-state index is -1.60. The van der Waals surface area contributed by atoms with Crippen LogP contribution in [0.4, 0.5) is 0 Å². The van der Waals surface area contributed by atoms with Gasteiger partial charge >= 0.3 is 11.9 Å². The van der Waals surface area contributed by atoms with Crippen LogP contribution in [0.1, 0.15) is 51.9 Å². The summed E-state index contributed by atoms with van der Waals surface area (Å²) in [7, 11) is 0. The van der Waals surface area contributed by atoms with Crippen molar-refractivity contribution in [1.82, 2.24) is 16.0 Å². The molecule has 5 atom stereocenters. The third-order valence-electron chi connectivity index (χ3n) is 4.94. The average molecular weight is 505 g/mol. The van der Waals surface area contributed by atoms with Crippen LogP contribution in [0.5, 0.6) is 0 Å². The van der Waals surface area contributed by atoms with E-state index in [1.807, 2.05) is 0 Å². The van der Waals surface area contributed by atoms with Crippen molar-refractivity contribution in [1.29, 1.82) is 0 Å². The number of carbonyl (C=O) groups excluding carboxylic acids is 4. The van der Waals surface area contributed by atoms with Crippen LogP contribution in [0.15, 0.2) is 0 Å². The molecule has 0 fully saturated rings. The second kappa shape index (κ2) is 16.3. The lowest BCUT2D eigenvalue weighted by atomic mass is 10.1. The molecular weight excluding hydrogens is 468 g/mol. The van der Waals surface area contributed by atoms with E-state index in [2.05, 4.69) is 16.0 Å². The zero-order valence-corrected chi connectivity index (χ0v) is 19.6. The van der Waals surface area contributed by atoms with E-state index < -0.39 is 72.3 Å². The summed E-state index contributed by atoms with van der Waals surface area (Å²) in [5.41, 5.74) is 16.1. The van der Waals surface area contributed by atoms with Gasteiger partial charge in [-0.05, 0) is 45.6 Å². The minimum Gasteiger partial charge on any atom is -0.481 e. The van der Waals surface area contributed by atoms with Gasteiger partial charge < -0.3 is 48.5 Å². The largest absolute Gasteiger partial charge is 0.481 e. The van der Waals surface area contributed by atoms with Crippen molar-refractivity contribution in [3.8, 4) is 0 Å². The summed E-state index contributed by atoms with van der Waals surface area (Å²) < 4.78 is 0. The first-order valence-electron chi connectivity index (χ1n) is 11.1. The number of aliphatic hydroxyl groups is 1. The molecule has 0 saturated heterocycles. The number of hydrogen-bond donors (Lipinski definition) is 9. The Hall–Kier alpha value is -3.30. The van der Waals surface area contributed by atoms with Crippen molar-refractivity contribution in [2.24, 2.45) is 17.2 Å². The van der Waals surface area contributed by atoms with E-state index in [-0.39, 0.29) is 25.7 Å². The third kappa shape index (κ3) is 13.2. The molecule has 200 valence electrons. The van der Waals surface area contributed by atoms with Crippen molar-refractivity contribution >= 4 is 35.6 Å². The van der Waals surface area contributed by atoms with Gasteiger partial charge in [0.1, 0.15) is 18.1 Å². The van der Waals surface area contributed by atoms with Crippen molar-refractivity contribution in [3.63, 3.8) is 0 Å². The Kier molecular flexibility index (Phi) is 14.8. The van der Waals surface area contributed by atoms with Crippen LogP contribution in [0.25, 0.3) is 0 Å². The smallest absolute Gasteiger partial charge is 0.326 e. The van der Waals surface area contributed by atoms with E-state index in [0.717, 1.165) is 0 Å². The summed E-state index contributed by atoms with van der Waals surface area (Å²) >= 11 is 0. The maximum Gasteiger partial charge on any atom is 0.326 e. The number of nitrogens with one attached hydrogen (secondary N) is 3. The molecule has 5 unspecified atom stereocenters. The molecular formula is C20H36N6O9. The maximum absolute atomic E-state index is 12.8. The lowest BCUT2D eigenvalue weighted by molar-refractivity contribution is -0.143. The number of rotatable bonds is 18. The van der Waals surface area contributed by atoms with Crippen molar-refractivity contribution in [2.45, 2.75) is 82.1 Å². The molecule has 0 spiro atoms. The van der Waals surface area contributed by atoms with Gasteiger partial charge in [-0.1, -0.05) is 0 Å². The van der Waals surface area contributed by atoms with Crippen molar-refractivity contribution in [2.75, 3.05) is 6.54 Å². The molecule has 0 aromatic rings. The topological polar surface area (TPSA) is 277 Å². The molecule has 0 aromatic carbocycles. The average Bonchev–Trinajstić information content (AvgIpc) is 2.76. The molecule has 0 aliphatic heterocycles. The van der Waals surface area contributed by atoms with Gasteiger partial charge in [-0.2, -0.15) is 0 Å². The van der Waals surface area contributed by atoms with E-state index in [1.54, 1.807) is 0 Å². The normalized spacial score (nSPS) is 15.1. The standard InChI is InChI=1S/C20H36N6O9/c1-10(27)16(19(33)25-13(20(34)35)4-2-3-9-21)26-18(32)12(6-8-15(29)30)24-17(31)11(22)5-7-14(23)28/h10-13,16,27H,2-9,21-22H2,1H3,(H2,23,28)(H,24,31)(H,25,33)(H,26,32)(H,29,30)(H,34,35). The molecule has 0 rings (SSSR count). The van der Waals surface area contributed by atoms with E-state index in [4.69, 9.17) is 22.3 Å². The number of carboxylic acids is 2. The van der Waals surface area contributed by atoms with Crippen LogP contribution in [-0.4, -0.2) is 87.7 Å². The molecule has 0 radical (unpaired) electrons. The summed E-state index contributed by atoms with van der Waals surface area (Å²) in [6.07, 6.45) is -1.66. The van der Waals surface area contributed by atoms with Crippen LogP contribution in [0.3, 0.4) is 0 Å². The van der Waals surface area contributed by atoms with Gasteiger partial charge in [0.15, 0.2) is 0 Å². The van der Waals surface area contributed by atoms with Crippen LogP contribution >= 0.6 is 0 Å². The molecule has 0 heterocycles. The summed E-state index contributed by atoms with van der Waals surface area (Å²) in [5, 5.41) is 35.0. The van der Waals surface area contributed by atoms with Crippen LogP contribution in [0.2, 0.25) is 0 Å². The fourth-order valence-corrected chi connectivity index (χ4v) is 2.91. The van der Waals surface area contributed by atoms with Gasteiger partial charge in [-0.25, -0.2) is 4.79 Å². The quantitative estimate of drug-likeness (QED) is 0.0825. The molecule has 0 aliphatic rings. The first-order valence-corrected chi connectivity index (χ1v) is 11.1. The predicted octanol–water partition coefficient (Wildman–Crippen LogP) is -3.51. The number of nitrogens with two attached hydrogens (primary N) is 3. The van der Waals surface area contributed by atoms with Crippen molar-refractivity contribution < 1.29 is 44.1 Å². The Morgan fingerprint density at radius 1 is 0.800 bits per heavy atom. The van der Waals surface area contributed by atoms with E-state index in [0.29, 0.717) is 19.4 Å². The predicted molar refractivity (Wildman–Crippen MR) is 121 cm³/mol. The zero-order chi connectivity index (χ0) is 27.1. The van der Waals surface area contributed by atoms with Gasteiger partial charge in [-0.3, -0.25) is 24.0 Å².